The number of carbonyl (C=O) groups is 1. The van der Waals surface area contributed by atoms with Crippen LogP contribution in [0.5, 0.6) is 0 Å². The van der Waals surface area contributed by atoms with Crippen LogP contribution in [0.2, 0.25) is 0 Å². The van der Waals surface area contributed by atoms with E-state index in [2.05, 4.69) is 17.6 Å². The molecule has 1 aliphatic rings. The summed E-state index contributed by atoms with van der Waals surface area (Å²) >= 11 is 0. The highest BCUT2D eigenvalue weighted by molar-refractivity contribution is 5.85. The Bertz CT molecular complexity index is 221. The molecule has 1 rings (SSSR count). The minimum absolute atomic E-state index is 0. The summed E-state index contributed by atoms with van der Waals surface area (Å²) in [4.78, 5) is 11.7. The highest BCUT2D eigenvalue weighted by Crippen LogP contribution is 2.15. The van der Waals surface area contributed by atoms with E-state index in [0.29, 0.717) is 24.8 Å². The number of carbonyl (C=O) groups excluding carboxylic acids is 1. The molecule has 1 saturated heterocycles. The second-order valence-corrected chi connectivity index (χ2v) is 4.99. The first-order valence-electron chi connectivity index (χ1n) is 6.84. The second kappa shape index (κ2) is 10.6. The molecule has 0 radical (unpaired) electrons. The monoisotopic (exact) mass is 278 g/mol. The van der Waals surface area contributed by atoms with Gasteiger partial charge in [-0.05, 0) is 44.2 Å². The molecular weight excluding hydrogens is 252 g/mol. The van der Waals surface area contributed by atoms with Gasteiger partial charge in [-0.3, -0.25) is 4.79 Å². The van der Waals surface area contributed by atoms with Gasteiger partial charge >= 0.3 is 0 Å². The van der Waals surface area contributed by atoms with Crippen molar-refractivity contribution in [1.29, 1.82) is 0 Å². The molecule has 0 spiro atoms. The molecule has 1 atom stereocenters. The zero-order chi connectivity index (χ0) is 12.5. The number of aliphatic hydroxyl groups is 1. The van der Waals surface area contributed by atoms with Gasteiger partial charge in [-0.1, -0.05) is 13.3 Å². The Kier molecular flexibility index (Phi) is 10.4. The topological polar surface area (TPSA) is 61.4 Å². The number of halogens is 1. The van der Waals surface area contributed by atoms with E-state index < -0.39 is 0 Å². The van der Waals surface area contributed by atoms with Gasteiger partial charge in [0, 0.05) is 19.6 Å². The number of amides is 1. The fourth-order valence-electron chi connectivity index (χ4n) is 2.31. The molecule has 0 aromatic heterocycles. The molecule has 0 aromatic carbocycles. The summed E-state index contributed by atoms with van der Waals surface area (Å²) in [6.07, 6.45) is 4.68. The summed E-state index contributed by atoms with van der Waals surface area (Å²) in [5.41, 5.74) is 0. The highest BCUT2D eigenvalue weighted by Gasteiger charge is 2.17. The van der Waals surface area contributed by atoms with Crippen molar-refractivity contribution >= 4 is 18.3 Å². The Morgan fingerprint density at radius 3 is 2.67 bits per heavy atom. The third-order valence-electron chi connectivity index (χ3n) is 3.64. The number of rotatable bonds is 7. The van der Waals surface area contributed by atoms with E-state index in [1.165, 1.54) is 0 Å². The first-order chi connectivity index (χ1) is 8.26. The first kappa shape index (κ1) is 17.7. The molecule has 1 fully saturated rings. The zero-order valence-corrected chi connectivity index (χ0v) is 12.1. The predicted molar refractivity (Wildman–Crippen MR) is 76.0 cm³/mol. The summed E-state index contributed by atoms with van der Waals surface area (Å²) in [6.45, 7) is 5.10. The summed E-state index contributed by atoms with van der Waals surface area (Å²) in [6, 6.07) is 0. The van der Waals surface area contributed by atoms with Gasteiger partial charge in [0.1, 0.15) is 0 Å². The van der Waals surface area contributed by atoms with Gasteiger partial charge in [0.2, 0.25) is 5.91 Å². The van der Waals surface area contributed by atoms with Crippen molar-refractivity contribution in [2.45, 2.75) is 39.0 Å². The smallest absolute Gasteiger partial charge is 0.220 e. The van der Waals surface area contributed by atoms with E-state index >= 15 is 0 Å². The van der Waals surface area contributed by atoms with Crippen LogP contribution in [0, 0.1) is 11.8 Å². The van der Waals surface area contributed by atoms with Crippen LogP contribution < -0.4 is 10.6 Å². The molecule has 0 aliphatic carbocycles. The number of piperidine rings is 1. The van der Waals surface area contributed by atoms with E-state index in [1.807, 2.05) is 0 Å². The lowest BCUT2D eigenvalue weighted by Crippen LogP contribution is -2.34. The summed E-state index contributed by atoms with van der Waals surface area (Å²) in [7, 11) is 0. The fraction of sp³-hybridized carbons (Fsp3) is 0.923. The highest BCUT2D eigenvalue weighted by atomic mass is 35.5. The molecule has 1 heterocycles. The van der Waals surface area contributed by atoms with Crippen molar-refractivity contribution < 1.29 is 9.90 Å². The van der Waals surface area contributed by atoms with Gasteiger partial charge in [-0.15, -0.1) is 12.4 Å². The van der Waals surface area contributed by atoms with E-state index in [4.69, 9.17) is 5.11 Å². The molecular formula is C13H27ClN2O2. The molecule has 0 bridgehead atoms. The van der Waals surface area contributed by atoms with Crippen LogP contribution in [0.4, 0.5) is 0 Å². The number of hydrogen-bond donors (Lipinski definition) is 3. The van der Waals surface area contributed by atoms with Gasteiger partial charge in [-0.2, -0.15) is 0 Å². The Balaban J connectivity index is 0.00000289. The zero-order valence-electron chi connectivity index (χ0n) is 11.3. The van der Waals surface area contributed by atoms with E-state index in [-0.39, 0.29) is 24.9 Å². The van der Waals surface area contributed by atoms with Crippen LogP contribution in [0.1, 0.15) is 39.0 Å². The Labute approximate surface area is 116 Å². The fourth-order valence-corrected chi connectivity index (χ4v) is 2.31. The van der Waals surface area contributed by atoms with Crippen LogP contribution >= 0.6 is 12.4 Å². The number of aliphatic hydroxyl groups excluding tert-OH is 1. The van der Waals surface area contributed by atoms with Gasteiger partial charge in [0.15, 0.2) is 0 Å². The molecule has 1 aliphatic heterocycles. The lowest BCUT2D eigenvalue weighted by Gasteiger charge is -2.22. The maximum absolute atomic E-state index is 11.7. The molecule has 4 nitrogen and oxygen atoms in total. The molecule has 0 aromatic rings. The molecule has 0 saturated carbocycles. The van der Waals surface area contributed by atoms with Crippen molar-refractivity contribution in [2.75, 3.05) is 26.2 Å². The number of nitrogens with one attached hydrogen (secondary N) is 2. The van der Waals surface area contributed by atoms with Crippen molar-refractivity contribution in [1.82, 2.24) is 10.6 Å². The quantitative estimate of drug-likeness (QED) is 0.658. The molecule has 1 unspecified atom stereocenters. The Morgan fingerprint density at radius 2 is 2.11 bits per heavy atom. The maximum Gasteiger partial charge on any atom is 0.220 e. The molecule has 18 heavy (non-hydrogen) atoms. The molecule has 1 amide bonds. The Hall–Kier alpha value is -0.320. The van der Waals surface area contributed by atoms with E-state index in [0.717, 1.165) is 38.8 Å². The molecule has 3 N–H and O–H groups in total. The van der Waals surface area contributed by atoms with Gasteiger partial charge in [0.25, 0.3) is 0 Å². The van der Waals surface area contributed by atoms with Crippen LogP contribution in [0.15, 0.2) is 0 Å². The maximum atomic E-state index is 11.7. The van der Waals surface area contributed by atoms with E-state index in [9.17, 15) is 4.79 Å². The first-order valence-corrected chi connectivity index (χ1v) is 6.84. The predicted octanol–water partition coefficient (Wildman–Crippen LogP) is 1.32. The summed E-state index contributed by atoms with van der Waals surface area (Å²) in [5.74, 6) is 1.14. The number of hydrogen-bond acceptors (Lipinski definition) is 3. The van der Waals surface area contributed by atoms with Gasteiger partial charge in [-0.25, -0.2) is 0 Å². The van der Waals surface area contributed by atoms with Crippen LogP contribution in [-0.4, -0.2) is 37.3 Å². The third kappa shape index (κ3) is 7.19. The summed E-state index contributed by atoms with van der Waals surface area (Å²) in [5, 5.41) is 15.2. The molecule has 5 heteroatoms. The van der Waals surface area contributed by atoms with Crippen LogP contribution in [-0.2, 0) is 4.79 Å². The standard InChI is InChI=1S/C13H26N2O2.ClH/c1-2-11(5-8-16)10-15-13(17)9-12-3-6-14-7-4-12;/h11-12,14,16H,2-10H2,1H3,(H,15,17);1H. The SMILES string of the molecule is CCC(CCO)CNC(=O)CC1CCNCC1.Cl. The van der Waals surface area contributed by atoms with Crippen molar-refractivity contribution in [3.8, 4) is 0 Å². The van der Waals surface area contributed by atoms with Crippen LogP contribution in [0.25, 0.3) is 0 Å². The minimum atomic E-state index is 0. The Morgan fingerprint density at radius 1 is 1.44 bits per heavy atom. The van der Waals surface area contributed by atoms with Gasteiger partial charge < -0.3 is 15.7 Å². The average Bonchev–Trinajstić information content (AvgIpc) is 2.35. The van der Waals surface area contributed by atoms with Crippen molar-refractivity contribution in [3.05, 3.63) is 0 Å². The third-order valence-corrected chi connectivity index (χ3v) is 3.64. The average molecular weight is 279 g/mol. The normalized spacial score (nSPS) is 17.9. The van der Waals surface area contributed by atoms with Crippen molar-refractivity contribution in [3.63, 3.8) is 0 Å². The van der Waals surface area contributed by atoms with Crippen molar-refractivity contribution in [2.24, 2.45) is 11.8 Å². The summed E-state index contributed by atoms with van der Waals surface area (Å²) < 4.78 is 0. The van der Waals surface area contributed by atoms with Crippen LogP contribution in [0.3, 0.4) is 0 Å². The lowest BCUT2D eigenvalue weighted by atomic mass is 9.94. The molecule has 108 valence electrons. The minimum Gasteiger partial charge on any atom is -0.396 e. The van der Waals surface area contributed by atoms with Gasteiger partial charge in [0.05, 0.1) is 0 Å². The lowest BCUT2D eigenvalue weighted by molar-refractivity contribution is -0.122. The largest absolute Gasteiger partial charge is 0.396 e. The second-order valence-electron chi connectivity index (χ2n) is 4.99. The van der Waals surface area contributed by atoms with E-state index in [1.54, 1.807) is 0 Å².